The highest BCUT2D eigenvalue weighted by molar-refractivity contribution is 9.10. The van der Waals surface area contributed by atoms with Gasteiger partial charge in [0.05, 0.1) is 24.7 Å². The maximum Gasteiger partial charge on any atom is 0.176 e. The number of benzene rings is 1. The van der Waals surface area contributed by atoms with Gasteiger partial charge in [0.25, 0.3) is 0 Å². The van der Waals surface area contributed by atoms with Gasteiger partial charge >= 0.3 is 0 Å². The molecule has 116 valence electrons. The number of halogens is 1. The SMILES string of the molecule is COc1ccc(C(=O)CN2CCCCCC2CO)cc1Br. The van der Waals surface area contributed by atoms with Gasteiger partial charge in [0.15, 0.2) is 5.78 Å². The summed E-state index contributed by atoms with van der Waals surface area (Å²) < 4.78 is 5.96. The minimum absolute atomic E-state index is 0.0821. The second-order valence-electron chi connectivity index (χ2n) is 5.43. The van der Waals surface area contributed by atoms with E-state index in [0.29, 0.717) is 12.1 Å². The summed E-state index contributed by atoms with van der Waals surface area (Å²) in [5.74, 6) is 0.799. The fraction of sp³-hybridized carbons (Fsp3) is 0.562. The smallest absolute Gasteiger partial charge is 0.176 e. The molecule has 1 saturated heterocycles. The van der Waals surface area contributed by atoms with E-state index in [4.69, 9.17) is 4.74 Å². The number of aliphatic hydroxyl groups is 1. The molecule has 1 fully saturated rings. The molecule has 0 aromatic heterocycles. The molecule has 0 spiro atoms. The fourth-order valence-electron chi connectivity index (χ4n) is 2.77. The molecule has 1 atom stereocenters. The van der Waals surface area contributed by atoms with Crippen LogP contribution in [-0.4, -0.2) is 48.6 Å². The van der Waals surface area contributed by atoms with Gasteiger partial charge in [0, 0.05) is 11.6 Å². The van der Waals surface area contributed by atoms with E-state index in [1.165, 1.54) is 6.42 Å². The number of nitrogens with zero attached hydrogens (tertiary/aromatic N) is 1. The molecule has 0 amide bonds. The van der Waals surface area contributed by atoms with E-state index in [1.807, 2.05) is 0 Å². The molecule has 1 aliphatic heterocycles. The number of aliphatic hydroxyl groups excluding tert-OH is 1. The Bertz CT molecular complexity index is 492. The standard InChI is InChI=1S/C16H22BrNO3/c1-21-16-7-6-12(9-14(16)17)15(20)10-18-8-4-2-3-5-13(18)11-19/h6-7,9,13,19H,2-5,8,10-11H2,1H3. The number of methoxy groups -OCH3 is 1. The van der Waals surface area contributed by atoms with E-state index in [0.717, 1.165) is 36.0 Å². The Kier molecular flexibility index (Phi) is 6.21. The van der Waals surface area contributed by atoms with Gasteiger partial charge in [0.1, 0.15) is 5.75 Å². The van der Waals surface area contributed by atoms with Crippen molar-refractivity contribution >= 4 is 21.7 Å². The second-order valence-corrected chi connectivity index (χ2v) is 6.28. The van der Waals surface area contributed by atoms with E-state index in [2.05, 4.69) is 20.8 Å². The maximum atomic E-state index is 12.5. The second kappa shape index (κ2) is 7.92. The summed E-state index contributed by atoms with van der Waals surface area (Å²) in [5.41, 5.74) is 0.670. The Morgan fingerprint density at radius 1 is 1.43 bits per heavy atom. The molecule has 1 heterocycles. The van der Waals surface area contributed by atoms with Gasteiger partial charge in [-0.2, -0.15) is 0 Å². The minimum atomic E-state index is 0.0821. The Morgan fingerprint density at radius 2 is 2.24 bits per heavy atom. The summed E-state index contributed by atoms with van der Waals surface area (Å²) in [6.07, 6.45) is 4.37. The molecule has 1 aromatic carbocycles. The molecule has 5 heteroatoms. The third-order valence-electron chi connectivity index (χ3n) is 4.03. The quantitative estimate of drug-likeness (QED) is 0.825. The molecule has 1 aromatic rings. The lowest BCUT2D eigenvalue weighted by Gasteiger charge is -2.27. The topological polar surface area (TPSA) is 49.8 Å². The van der Waals surface area contributed by atoms with Gasteiger partial charge in [-0.15, -0.1) is 0 Å². The number of carbonyl (C=O) groups excluding carboxylic acids is 1. The lowest BCUT2D eigenvalue weighted by Crippen LogP contribution is -2.40. The number of Topliss-reactive ketones (excluding diaryl/α,β-unsaturated/α-hetero) is 1. The van der Waals surface area contributed by atoms with Crippen LogP contribution in [0.5, 0.6) is 5.75 Å². The van der Waals surface area contributed by atoms with E-state index in [1.54, 1.807) is 25.3 Å². The van der Waals surface area contributed by atoms with E-state index in [9.17, 15) is 9.90 Å². The maximum absolute atomic E-state index is 12.5. The molecule has 1 N–H and O–H groups in total. The number of hydrogen-bond donors (Lipinski definition) is 1. The van der Waals surface area contributed by atoms with Crippen LogP contribution in [0.4, 0.5) is 0 Å². The lowest BCUT2D eigenvalue weighted by molar-refractivity contribution is 0.0826. The van der Waals surface area contributed by atoms with Crippen molar-refractivity contribution in [3.05, 3.63) is 28.2 Å². The Balaban J connectivity index is 2.07. The van der Waals surface area contributed by atoms with Crippen molar-refractivity contribution in [2.45, 2.75) is 31.7 Å². The number of ether oxygens (including phenoxy) is 1. The molecule has 0 aliphatic carbocycles. The van der Waals surface area contributed by atoms with Crippen LogP contribution in [0.3, 0.4) is 0 Å². The third kappa shape index (κ3) is 4.28. The zero-order chi connectivity index (χ0) is 15.2. The van der Waals surface area contributed by atoms with Crippen LogP contribution in [0.15, 0.2) is 22.7 Å². The minimum Gasteiger partial charge on any atom is -0.496 e. The summed E-state index contributed by atoms with van der Waals surface area (Å²) >= 11 is 3.41. The molecule has 4 nitrogen and oxygen atoms in total. The molecule has 0 bridgehead atoms. The summed E-state index contributed by atoms with van der Waals surface area (Å²) in [7, 11) is 1.60. The molecule has 1 aliphatic rings. The van der Waals surface area contributed by atoms with Crippen molar-refractivity contribution in [1.29, 1.82) is 0 Å². The summed E-state index contributed by atoms with van der Waals surface area (Å²) in [5, 5.41) is 9.51. The Hall–Kier alpha value is -0.910. The molecule has 1 unspecified atom stereocenters. The van der Waals surface area contributed by atoms with E-state index < -0.39 is 0 Å². The largest absolute Gasteiger partial charge is 0.496 e. The molecular formula is C16H22BrNO3. The average molecular weight is 356 g/mol. The van der Waals surface area contributed by atoms with Crippen molar-refractivity contribution in [2.75, 3.05) is 26.8 Å². The molecule has 0 saturated carbocycles. The number of rotatable bonds is 5. The van der Waals surface area contributed by atoms with Gasteiger partial charge in [-0.3, -0.25) is 9.69 Å². The first-order chi connectivity index (χ1) is 10.2. The van der Waals surface area contributed by atoms with Crippen molar-refractivity contribution in [3.63, 3.8) is 0 Å². The molecule has 21 heavy (non-hydrogen) atoms. The van der Waals surface area contributed by atoms with Crippen LogP contribution in [0.25, 0.3) is 0 Å². The van der Waals surface area contributed by atoms with Crippen LogP contribution in [0.2, 0.25) is 0 Å². The van der Waals surface area contributed by atoms with Crippen molar-refractivity contribution < 1.29 is 14.6 Å². The monoisotopic (exact) mass is 355 g/mol. The summed E-state index contributed by atoms with van der Waals surface area (Å²) in [4.78, 5) is 14.6. The van der Waals surface area contributed by atoms with Crippen molar-refractivity contribution in [1.82, 2.24) is 4.90 Å². The molecule has 2 rings (SSSR count). The van der Waals surface area contributed by atoms with Crippen LogP contribution in [0.1, 0.15) is 36.0 Å². The summed E-state index contributed by atoms with van der Waals surface area (Å²) in [6.45, 7) is 1.37. The third-order valence-corrected chi connectivity index (χ3v) is 4.65. The van der Waals surface area contributed by atoms with E-state index in [-0.39, 0.29) is 18.4 Å². The molecular weight excluding hydrogens is 334 g/mol. The molecule has 0 radical (unpaired) electrons. The van der Waals surface area contributed by atoms with Crippen LogP contribution >= 0.6 is 15.9 Å². The number of carbonyl (C=O) groups is 1. The highest BCUT2D eigenvalue weighted by Crippen LogP contribution is 2.26. The van der Waals surface area contributed by atoms with E-state index >= 15 is 0 Å². The van der Waals surface area contributed by atoms with Gasteiger partial charge in [-0.05, 0) is 53.5 Å². The normalized spacial score (nSPS) is 20.0. The lowest BCUT2D eigenvalue weighted by atomic mass is 10.1. The van der Waals surface area contributed by atoms with Crippen LogP contribution < -0.4 is 4.74 Å². The zero-order valence-corrected chi connectivity index (χ0v) is 13.9. The van der Waals surface area contributed by atoms with Crippen LogP contribution in [0, 0.1) is 0 Å². The average Bonchev–Trinajstić information content (AvgIpc) is 2.72. The number of likely N-dealkylation sites (tertiary alicyclic amines) is 1. The van der Waals surface area contributed by atoms with Crippen molar-refractivity contribution in [2.24, 2.45) is 0 Å². The Labute approximate surface area is 134 Å². The fourth-order valence-corrected chi connectivity index (χ4v) is 3.31. The van der Waals surface area contributed by atoms with Gasteiger partial charge in [0.2, 0.25) is 0 Å². The highest BCUT2D eigenvalue weighted by Gasteiger charge is 2.23. The van der Waals surface area contributed by atoms with Gasteiger partial charge in [-0.25, -0.2) is 0 Å². The predicted octanol–water partition coefficient (Wildman–Crippen LogP) is 2.88. The van der Waals surface area contributed by atoms with Gasteiger partial charge in [-0.1, -0.05) is 12.8 Å². The summed E-state index contributed by atoms with van der Waals surface area (Å²) in [6, 6.07) is 5.49. The number of ketones is 1. The van der Waals surface area contributed by atoms with Gasteiger partial charge < -0.3 is 9.84 Å². The first kappa shape index (κ1) is 16.5. The first-order valence-electron chi connectivity index (χ1n) is 7.37. The zero-order valence-electron chi connectivity index (χ0n) is 12.3. The van der Waals surface area contributed by atoms with Crippen LogP contribution in [-0.2, 0) is 0 Å². The predicted molar refractivity (Wildman–Crippen MR) is 85.9 cm³/mol. The highest BCUT2D eigenvalue weighted by atomic mass is 79.9. The van der Waals surface area contributed by atoms with Crippen molar-refractivity contribution in [3.8, 4) is 5.75 Å². The first-order valence-corrected chi connectivity index (χ1v) is 8.16. The number of hydrogen-bond acceptors (Lipinski definition) is 4. The Morgan fingerprint density at radius 3 is 2.90 bits per heavy atom.